The van der Waals surface area contributed by atoms with Gasteiger partial charge in [0, 0.05) is 11.6 Å². The molecule has 1 atom stereocenters. The minimum absolute atomic E-state index is 0.432. The van der Waals surface area contributed by atoms with Crippen LogP contribution in [-0.4, -0.2) is 0 Å². The molecule has 2 nitrogen and oxygen atoms in total. The van der Waals surface area contributed by atoms with Gasteiger partial charge in [-0.25, -0.2) is 4.98 Å². The summed E-state index contributed by atoms with van der Waals surface area (Å²) < 4.78 is 0. The highest BCUT2D eigenvalue weighted by molar-refractivity contribution is 5.89. The summed E-state index contributed by atoms with van der Waals surface area (Å²) in [5.41, 5.74) is 12.6. The fraction of sp³-hybridized carbons (Fsp3) is 0.211. The molecule has 0 amide bonds. The SMILES string of the molecule is Nc1c2c([nH+]c3ccccc13)[C@H](c1ccccc1)CCC2. The molecule has 104 valence electrons. The second kappa shape index (κ2) is 4.88. The first-order chi connectivity index (χ1) is 10.3. The van der Waals surface area contributed by atoms with Crippen molar-refractivity contribution < 1.29 is 4.98 Å². The van der Waals surface area contributed by atoms with Crippen LogP contribution in [0.5, 0.6) is 0 Å². The normalized spacial score (nSPS) is 17.6. The number of rotatable bonds is 1. The van der Waals surface area contributed by atoms with Gasteiger partial charge in [0.15, 0.2) is 5.69 Å². The number of nitrogen functional groups attached to an aromatic ring is 1. The first kappa shape index (κ1) is 12.4. The topological polar surface area (TPSA) is 40.2 Å². The minimum Gasteiger partial charge on any atom is -0.398 e. The van der Waals surface area contributed by atoms with E-state index in [0.717, 1.165) is 23.0 Å². The lowest BCUT2D eigenvalue weighted by Crippen LogP contribution is -2.25. The van der Waals surface area contributed by atoms with Gasteiger partial charge in [0.2, 0.25) is 5.52 Å². The molecule has 3 aromatic rings. The van der Waals surface area contributed by atoms with Crippen molar-refractivity contribution in [2.75, 3.05) is 5.73 Å². The van der Waals surface area contributed by atoms with Gasteiger partial charge in [-0.05, 0) is 30.9 Å². The fourth-order valence-electron chi connectivity index (χ4n) is 3.57. The van der Waals surface area contributed by atoms with Crippen molar-refractivity contribution in [2.45, 2.75) is 25.2 Å². The molecule has 2 heteroatoms. The van der Waals surface area contributed by atoms with Crippen LogP contribution in [0.2, 0.25) is 0 Å². The monoisotopic (exact) mass is 275 g/mol. The Hall–Kier alpha value is -2.35. The van der Waals surface area contributed by atoms with E-state index in [2.05, 4.69) is 59.6 Å². The number of aromatic amines is 1. The van der Waals surface area contributed by atoms with Crippen molar-refractivity contribution in [3.8, 4) is 0 Å². The third kappa shape index (κ3) is 1.99. The Kier molecular flexibility index (Phi) is 2.88. The van der Waals surface area contributed by atoms with E-state index in [4.69, 9.17) is 5.73 Å². The highest BCUT2D eigenvalue weighted by Gasteiger charge is 2.30. The Bertz CT molecular complexity index is 793. The van der Waals surface area contributed by atoms with E-state index in [1.54, 1.807) is 0 Å². The van der Waals surface area contributed by atoms with E-state index < -0.39 is 0 Å². The van der Waals surface area contributed by atoms with Crippen LogP contribution in [0.4, 0.5) is 5.69 Å². The average Bonchev–Trinajstić information content (AvgIpc) is 2.56. The van der Waals surface area contributed by atoms with E-state index in [0.29, 0.717) is 5.92 Å². The summed E-state index contributed by atoms with van der Waals surface area (Å²) in [6.07, 6.45) is 3.46. The lowest BCUT2D eigenvalue weighted by atomic mass is 9.81. The predicted molar refractivity (Wildman–Crippen MR) is 86.1 cm³/mol. The van der Waals surface area contributed by atoms with E-state index in [9.17, 15) is 0 Å². The van der Waals surface area contributed by atoms with Gasteiger partial charge in [0.1, 0.15) is 0 Å². The first-order valence-electron chi connectivity index (χ1n) is 7.62. The maximum absolute atomic E-state index is 6.46. The summed E-state index contributed by atoms with van der Waals surface area (Å²) in [7, 11) is 0. The summed E-state index contributed by atoms with van der Waals surface area (Å²) in [5, 5.41) is 1.14. The van der Waals surface area contributed by atoms with E-state index in [-0.39, 0.29) is 0 Å². The fourth-order valence-corrected chi connectivity index (χ4v) is 3.57. The molecule has 4 rings (SSSR count). The van der Waals surface area contributed by atoms with Crippen LogP contribution in [0.1, 0.15) is 35.6 Å². The third-order valence-corrected chi connectivity index (χ3v) is 4.61. The van der Waals surface area contributed by atoms with Gasteiger partial charge >= 0.3 is 0 Å². The van der Waals surface area contributed by atoms with Crippen molar-refractivity contribution in [3.63, 3.8) is 0 Å². The molecule has 1 heterocycles. The second-order valence-corrected chi connectivity index (χ2v) is 5.83. The Morgan fingerprint density at radius 2 is 1.71 bits per heavy atom. The molecule has 21 heavy (non-hydrogen) atoms. The molecule has 1 aliphatic carbocycles. The second-order valence-electron chi connectivity index (χ2n) is 5.83. The van der Waals surface area contributed by atoms with Crippen LogP contribution in [0, 0.1) is 0 Å². The molecule has 0 unspecified atom stereocenters. The van der Waals surface area contributed by atoms with Crippen LogP contribution in [0.15, 0.2) is 54.6 Å². The van der Waals surface area contributed by atoms with Crippen molar-refractivity contribution in [1.29, 1.82) is 0 Å². The average molecular weight is 275 g/mol. The van der Waals surface area contributed by atoms with Crippen LogP contribution < -0.4 is 10.7 Å². The molecule has 1 aromatic heterocycles. The van der Waals surface area contributed by atoms with Crippen LogP contribution in [0.3, 0.4) is 0 Å². The zero-order valence-electron chi connectivity index (χ0n) is 12.0. The van der Waals surface area contributed by atoms with Gasteiger partial charge in [-0.15, -0.1) is 0 Å². The maximum Gasteiger partial charge on any atom is 0.213 e. The molecule has 0 aliphatic heterocycles. The predicted octanol–water partition coefficient (Wildman–Crippen LogP) is 3.70. The number of aromatic nitrogens is 1. The van der Waals surface area contributed by atoms with Crippen molar-refractivity contribution in [3.05, 3.63) is 71.4 Å². The van der Waals surface area contributed by atoms with Gasteiger partial charge in [0.05, 0.1) is 17.0 Å². The van der Waals surface area contributed by atoms with Crippen molar-refractivity contribution >= 4 is 16.6 Å². The molecule has 2 aromatic carbocycles. The van der Waals surface area contributed by atoms with Gasteiger partial charge in [-0.1, -0.05) is 42.5 Å². The zero-order valence-corrected chi connectivity index (χ0v) is 12.0. The van der Waals surface area contributed by atoms with Crippen molar-refractivity contribution in [2.24, 2.45) is 0 Å². The number of H-pyrrole nitrogens is 1. The summed E-state index contributed by atoms with van der Waals surface area (Å²) in [6.45, 7) is 0. The number of hydrogen-bond donors (Lipinski definition) is 1. The maximum atomic E-state index is 6.46. The zero-order chi connectivity index (χ0) is 14.2. The largest absolute Gasteiger partial charge is 0.398 e. The van der Waals surface area contributed by atoms with E-state index >= 15 is 0 Å². The molecule has 0 fully saturated rings. The molecule has 3 N–H and O–H groups in total. The standard InChI is InChI=1S/C19H18N2/c20-18-15-9-4-5-12-17(15)21-19-14(10-6-11-16(18)19)13-7-2-1-3-8-13/h1-5,7-9,12,14H,6,10-11H2,(H2,20,21)/p+1/t14-/m0/s1. The molecule has 0 spiro atoms. The number of benzene rings is 2. The van der Waals surface area contributed by atoms with E-state index in [1.165, 1.54) is 29.7 Å². The number of pyridine rings is 1. The first-order valence-corrected chi connectivity index (χ1v) is 7.62. The van der Waals surface area contributed by atoms with Gasteiger partial charge in [-0.3, -0.25) is 0 Å². The number of anilines is 1. The summed E-state index contributed by atoms with van der Waals surface area (Å²) in [5.74, 6) is 0.432. The smallest absolute Gasteiger partial charge is 0.213 e. The number of para-hydroxylation sites is 1. The minimum atomic E-state index is 0.432. The summed E-state index contributed by atoms with van der Waals surface area (Å²) in [4.78, 5) is 3.66. The quantitative estimate of drug-likeness (QED) is 0.722. The third-order valence-electron chi connectivity index (χ3n) is 4.61. The number of nitrogens with one attached hydrogen (secondary N) is 1. The summed E-state index contributed by atoms with van der Waals surface area (Å²) in [6, 6.07) is 19.1. The van der Waals surface area contributed by atoms with Crippen molar-refractivity contribution in [1.82, 2.24) is 0 Å². The number of fused-ring (bicyclic) bond motifs is 2. The summed E-state index contributed by atoms with van der Waals surface area (Å²) >= 11 is 0. The van der Waals surface area contributed by atoms with Crippen LogP contribution >= 0.6 is 0 Å². The van der Waals surface area contributed by atoms with Crippen LogP contribution in [-0.2, 0) is 6.42 Å². The van der Waals surface area contributed by atoms with Gasteiger partial charge in [-0.2, -0.15) is 0 Å². The highest BCUT2D eigenvalue weighted by atomic mass is 14.8. The molecule has 0 saturated carbocycles. The molecular weight excluding hydrogens is 256 g/mol. The van der Waals surface area contributed by atoms with Gasteiger partial charge in [0.25, 0.3) is 0 Å². The Labute approximate surface area is 124 Å². The Balaban J connectivity index is 1.95. The highest BCUT2D eigenvalue weighted by Crippen LogP contribution is 2.38. The molecule has 0 radical (unpaired) electrons. The van der Waals surface area contributed by atoms with E-state index in [1.807, 2.05) is 0 Å². The number of nitrogens with two attached hydrogens (primary N) is 1. The molecular formula is C19H19N2+. The Morgan fingerprint density at radius 1 is 0.952 bits per heavy atom. The molecule has 0 bridgehead atoms. The van der Waals surface area contributed by atoms with Gasteiger partial charge < -0.3 is 5.73 Å². The molecule has 0 saturated heterocycles. The Morgan fingerprint density at radius 3 is 2.57 bits per heavy atom. The lowest BCUT2D eigenvalue weighted by Gasteiger charge is -2.22. The van der Waals surface area contributed by atoms with Crippen LogP contribution in [0.25, 0.3) is 10.9 Å². The molecule has 1 aliphatic rings. The lowest BCUT2D eigenvalue weighted by molar-refractivity contribution is -0.361. The number of hydrogen-bond acceptors (Lipinski definition) is 1.